The maximum atomic E-state index is 11.8. The normalized spacial score (nSPS) is 14.9. The zero-order valence-electron chi connectivity index (χ0n) is 11.7. The summed E-state index contributed by atoms with van der Waals surface area (Å²) in [6.07, 6.45) is 4.17. The third kappa shape index (κ3) is 3.33. The van der Waals surface area contributed by atoms with Crippen molar-refractivity contribution >= 4 is 38.9 Å². The molecule has 0 unspecified atom stereocenters. The Kier molecular flexibility index (Phi) is 4.66. The van der Waals surface area contributed by atoms with E-state index in [2.05, 4.69) is 16.8 Å². The molecule has 0 spiro atoms. The van der Waals surface area contributed by atoms with Crippen LogP contribution in [0.5, 0.6) is 5.75 Å². The van der Waals surface area contributed by atoms with Crippen molar-refractivity contribution in [2.75, 3.05) is 12.6 Å². The van der Waals surface area contributed by atoms with Crippen LogP contribution < -0.4 is 10.1 Å². The molecular weight excluding hydrogens is 306 g/mol. The molecule has 5 heteroatoms. The largest absolute Gasteiger partial charge is 0.478 e. The number of halogens is 1. The number of hydrogen-bond donors (Lipinski definition) is 1. The van der Waals surface area contributed by atoms with Crippen molar-refractivity contribution in [3.05, 3.63) is 29.1 Å². The van der Waals surface area contributed by atoms with Crippen LogP contribution in [0.2, 0.25) is 0 Å². The Labute approximate surface area is 133 Å². The molecule has 0 radical (unpaired) electrons. The van der Waals surface area contributed by atoms with E-state index in [1.807, 2.05) is 12.1 Å². The minimum atomic E-state index is 0.164. The fraction of sp³-hybridized carbons (Fsp3) is 0.438. The van der Waals surface area contributed by atoms with Crippen LogP contribution in [0.1, 0.15) is 24.8 Å². The summed E-state index contributed by atoms with van der Waals surface area (Å²) < 4.78 is 6.49. The molecule has 1 aliphatic carbocycles. The lowest BCUT2D eigenvalue weighted by Gasteiger charge is -2.23. The zero-order chi connectivity index (χ0) is 14.7. The van der Waals surface area contributed by atoms with Crippen LogP contribution in [-0.4, -0.2) is 18.5 Å². The lowest BCUT2D eigenvalue weighted by Crippen LogP contribution is -2.35. The molecule has 2 aromatic rings. The molecule has 1 aromatic carbocycles. The van der Waals surface area contributed by atoms with Gasteiger partial charge in [-0.05, 0) is 53.8 Å². The van der Waals surface area contributed by atoms with Crippen molar-refractivity contribution < 1.29 is 9.53 Å². The fourth-order valence-electron chi connectivity index (χ4n) is 2.55. The molecule has 0 atom stereocenters. The Morgan fingerprint density at radius 2 is 2.29 bits per heavy atom. The van der Waals surface area contributed by atoms with Gasteiger partial charge in [-0.2, -0.15) is 0 Å². The van der Waals surface area contributed by atoms with Crippen molar-refractivity contribution in [2.24, 2.45) is 5.92 Å². The van der Waals surface area contributed by atoms with Gasteiger partial charge in [-0.1, -0.05) is 18.0 Å². The molecule has 1 N–H and O–H groups in total. The maximum Gasteiger partial charge on any atom is 0.223 e. The smallest absolute Gasteiger partial charge is 0.223 e. The van der Waals surface area contributed by atoms with E-state index in [-0.39, 0.29) is 17.9 Å². The van der Waals surface area contributed by atoms with Gasteiger partial charge in [-0.15, -0.1) is 11.3 Å². The van der Waals surface area contributed by atoms with E-state index >= 15 is 0 Å². The molecule has 1 fully saturated rings. The molecule has 3 rings (SSSR count). The molecule has 3 nitrogen and oxygen atoms in total. The van der Waals surface area contributed by atoms with Crippen LogP contribution in [0, 0.1) is 5.92 Å². The molecule has 0 aliphatic heterocycles. The minimum Gasteiger partial charge on any atom is -0.478 e. The number of thiophene rings is 1. The van der Waals surface area contributed by atoms with Crippen molar-refractivity contribution in [3.8, 4) is 5.75 Å². The summed E-state index contributed by atoms with van der Waals surface area (Å²) in [4.78, 5) is 11.8. The first kappa shape index (κ1) is 14.7. The Hall–Kier alpha value is -1.26. The second-order valence-corrected chi connectivity index (χ2v) is 6.47. The van der Waals surface area contributed by atoms with E-state index in [0.717, 1.165) is 25.0 Å². The standard InChI is InChI=1S/C16H18ClNO2S/c17-10-20-13-4-5-14-12(9-21-15(14)8-13)6-7-18-16(19)11-2-1-3-11/h4-5,8-9,11H,1-3,6-7,10H2,(H,18,19). The molecule has 1 amide bonds. The lowest BCUT2D eigenvalue weighted by atomic mass is 9.85. The quantitative estimate of drug-likeness (QED) is 0.818. The molecule has 1 aromatic heterocycles. The number of rotatable bonds is 6. The van der Waals surface area contributed by atoms with Gasteiger partial charge in [0.05, 0.1) is 0 Å². The first-order chi connectivity index (χ1) is 10.3. The summed E-state index contributed by atoms with van der Waals surface area (Å²) >= 11 is 7.27. The monoisotopic (exact) mass is 323 g/mol. The average molecular weight is 324 g/mol. The zero-order valence-corrected chi connectivity index (χ0v) is 13.3. The van der Waals surface area contributed by atoms with Crippen molar-refractivity contribution in [1.82, 2.24) is 5.32 Å². The van der Waals surface area contributed by atoms with Gasteiger partial charge in [-0.3, -0.25) is 4.79 Å². The molecule has 1 saturated carbocycles. The number of carbonyl (C=O) groups excluding carboxylic acids is 1. The summed E-state index contributed by atoms with van der Waals surface area (Å²) in [6, 6.07) is 6.18. The second kappa shape index (κ2) is 6.67. The second-order valence-electron chi connectivity index (χ2n) is 5.34. The molecule has 1 aliphatic rings. The summed E-state index contributed by atoms with van der Waals surface area (Å²) in [7, 11) is 0. The highest BCUT2D eigenvalue weighted by atomic mass is 35.5. The van der Waals surface area contributed by atoms with Crippen LogP contribution >= 0.6 is 22.9 Å². The first-order valence-electron chi connectivity index (χ1n) is 7.24. The Morgan fingerprint density at radius 1 is 1.43 bits per heavy atom. The third-order valence-electron chi connectivity index (χ3n) is 4.02. The van der Waals surface area contributed by atoms with E-state index in [4.69, 9.17) is 16.3 Å². The number of fused-ring (bicyclic) bond motifs is 1. The van der Waals surface area contributed by atoms with Crippen LogP contribution in [0.3, 0.4) is 0 Å². The Bertz CT molecular complexity index is 636. The van der Waals surface area contributed by atoms with E-state index in [1.54, 1.807) is 11.3 Å². The maximum absolute atomic E-state index is 11.8. The number of alkyl halides is 1. The SMILES string of the molecule is O=C(NCCc1csc2cc(OCCl)ccc12)C1CCC1. The number of carbonyl (C=O) groups is 1. The summed E-state index contributed by atoms with van der Waals surface area (Å²) in [5, 5.41) is 6.44. The van der Waals surface area contributed by atoms with Crippen LogP contribution in [0.15, 0.2) is 23.6 Å². The fourth-order valence-corrected chi connectivity index (χ4v) is 3.70. The van der Waals surface area contributed by atoms with Crippen LogP contribution in [0.4, 0.5) is 0 Å². The number of hydrogen-bond acceptors (Lipinski definition) is 3. The van der Waals surface area contributed by atoms with Gasteiger partial charge in [-0.25, -0.2) is 0 Å². The van der Waals surface area contributed by atoms with Gasteiger partial charge >= 0.3 is 0 Å². The van der Waals surface area contributed by atoms with Gasteiger partial charge in [0.15, 0.2) is 6.07 Å². The predicted molar refractivity (Wildman–Crippen MR) is 87.2 cm³/mol. The number of benzene rings is 1. The van der Waals surface area contributed by atoms with E-state index in [9.17, 15) is 4.79 Å². The van der Waals surface area contributed by atoms with Gasteiger partial charge in [0, 0.05) is 17.2 Å². The highest BCUT2D eigenvalue weighted by Gasteiger charge is 2.24. The van der Waals surface area contributed by atoms with E-state index in [0.29, 0.717) is 6.54 Å². The molecule has 1 heterocycles. The lowest BCUT2D eigenvalue weighted by molar-refractivity contribution is -0.127. The number of ether oxygens (including phenoxy) is 1. The summed E-state index contributed by atoms with van der Waals surface area (Å²) in [5.41, 5.74) is 1.28. The number of amides is 1. The van der Waals surface area contributed by atoms with Gasteiger partial charge in [0.2, 0.25) is 5.91 Å². The first-order valence-corrected chi connectivity index (χ1v) is 8.66. The Balaban J connectivity index is 1.60. The average Bonchev–Trinajstić information content (AvgIpc) is 2.80. The van der Waals surface area contributed by atoms with E-state index in [1.165, 1.54) is 22.1 Å². The van der Waals surface area contributed by atoms with Crippen LogP contribution in [0.25, 0.3) is 10.1 Å². The van der Waals surface area contributed by atoms with Crippen molar-refractivity contribution in [1.29, 1.82) is 0 Å². The molecular formula is C16H18ClNO2S. The molecule has 112 valence electrons. The highest BCUT2D eigenvalue weighted by molar-refractivity contribution is 7.17. The topological polar surface area (TPSA) is 38.3 Å². The summed E-state index contributed by atoms with van der Waals surface area (Å²) in [6.45, 7) is 0.709. The molecule has 0 bridgehead atoms. The number of nitrogens with one attached hydrogen (secondary N) is 1. The van der Waals surface area contributed by atoms with Crippen molar-refractivity contribution in [2.45, 2.75) is 25.7 Å². The Morgan fingerprint density at radius 3 is 3.00 bits per heavy atom. The molecule has 21 heavy (non-hydrogen) atoms. The minimum absolute atomic E-state index is 0.164. The molecule has 0 saturated heterocycles. The highest BCUT2D eigenvalue weighted by Crippen LogP contribution is 2.30. The summed E-state index contributed by atoms with van der Waals surface area (Å²) in [5.74, 6) is 1.28. The van der Waals surface area contributed by atoms with E-state index < -0.39 is 0 Å². The van der Waals surface area contributed by atoms with Crippen molar-refractivity contribution in [3.63, 3.8) is 0 Å². The third-order valence-corrected chi connectivity index (χ3v) is 5.12. The van der Waals surface area contributed by atoms with Gasteiger partial charge < -0.3 is 10.1 Å². The van der Waals surface area contributed by atoms with Gasteiger partial charge in [0.25, 0.3) is 0 Å². The van der Waals surface area contributed by atoms with Crippen LogP contribution in [-0.2, 0) is 11.2 Å². The predicted octanol–water partition coefficient (Wildman–Crippen LogP) is 3.94. The van der Waals surface area contributed by atoms with Gasteiger partial charge in [0.1, 0.15) is 5.75 Å².